The van der Waals surface area contributed by atoms with E-state index in [-0.39, 0.29) is 19.1 Å². The molecule has 6 heteroatoms. The smallest absolute Gasteiger partial charge is 0.323 e. The van der Waals surface area contributed by atoms with E-state index in [4.69, 9.17) is 9.47 Å². The van der Waals surface area contributed by atoms with Crippen molar-refractivity contribution in [2.24, 2.45) is 5.92 Å². The van der Waals surface area contributed by atoms with Crippen molar-refractivity contribution in [3.05, 3.63) is 71.3 Å². The first-order chi connectivity index (χ1) is 13.5. The lowest BCUT2D eigenvalue weighted by atomic mass is 9.72. The van der Waals surface area contributed by atoms with E-state index in [0.29, 0.717) is 16.7 Å². The molecule has 3 rings (SSSR count). The summed E-state index contributed by atoms with van der Waals surface area (Å²) >= 11 is 0. The Labute approximate surface area is 164 Å². The highest BCUT2D eigenvalue weighted by atomic mass is 16.6. The Morgan fingerprint density at radius 1 is 0.929 bits per heavy atom. The molecule has 6 nitrogen and oxygen atoms in total. The first kappa shape index (κ1) is 19.6. The molecular weight excluding hydrogens is 358 g/mol. The van der Waals surface area contributed by atoms with Crippen molar-refractivity contribution in [1.82, 2.24) is 4.90 Å². The second kappa shape index (κ2) is 7.84. The van der Waals surface area contributed by atoms with Gasteiger partial charge >= 0.3 is 11.9 Å². The van der Waals surface area contributed by atoms with Crippen molar-refractivity contribution in [2.75, 3.05) is 20.3 Å². The average molecular weight is 381 g/mol. The first-order valence-electron chi connectivity index (χ1n) is 9.26. The number of hydrogen-bond donors (Lipinski definition) is 0. The van der Waals surface area contributed by atoms with Gasteiger partial charge in [0.2, 0.25) is 0 Å². The van der Waals surface area contributed by atoms with Gasteiger partial charge in [0.25, 0.3) is 5.91 Å². The predicted octanol–water partition coefficient (Wildman–Crippen LogP) is 2.76. The van der Waals surface area contributed by atoms with Crippen LogP contribution in [0.1, 0.15) is 35.3 Å². The molecule has 28 heavy (non-hydrogen) atoms. The van der Waals surface area contributed by atoms with Gasteiger partial charge in [0.15, 0.2) is 5.92 Å². The number of ether oxygens (including phenoxy) is 2. The highest BCUT2D eigenvalue weighted by molar-refractivity contribution is 6.05. The van der Waals surface area contributed by atoms with Gasteiger partial charge in [-0.15, -0.1) is 0 Å². The normalized spacial score (nSPS) is 18.1. The molecule has 1 unspecified atom stereocenters. The monoisotopic (exact) mass is 381 g/mol. The maximum absolute atomic E-state index is 13.1. The van der Waals surface area contributed by atoms with Gasteiger partial charge in [0.1, 0.15) is 5.54 Å². The van der Waals surface area contributed by atoms with Crippen LogP contribution < -0.4 is 0 Å². The number of amides is 1. The van der Waals surface area contributed by atoms with Crippen LogP contribution in [0.3, 0.4) is 0 Å². The fraction of sp³-hybridized carbons (Fsp3) is 0.318. The molecule has 0 N–H and O–H groups in total. The lowest BCUT2D eigenvalue weighted by molar-refractivity contribution is -0.167. The molecule has 0 saturated heterocycles. The van der Waals surface area contributed by atoms with Crippen LogP contribution in [0.15, 0.2) is 54.6 Å². The summed E-state index contributed by atoms with van der Waals surface area (Å²) in [6.07, 6.45) is 0. The standard InChI is InChI=1S/C22H23NO5/c1-4-27-20(25)18(21(26)28-5-2)22(15-11-7-6-8-12-15)17-14-10-9-13-16(17)19(24)23(22)3/h6-14,18H,4-5H2,1-3H3. The minimum atomic E-state index is -1.35. The molecule has 1 heterocycles. The molecule has 146 valence electrons. The zero-order valence-electron chi connectivity index (χ0n) is 16.2. The minimum Gasteiger partial charge on any atom is -0.465 e. The van der Waals surface area contributed by atoms with Gasteiger partial charge in [0, 0.05) is 12.6 Å². The number of carbonyl (C=O) groups excluding carboxylic acids is 3. The van der Waals surface area contributed by atoms with E-state index in [2.05, 4.69) is 0 Å². The first-order valence-corrected chi connectivity index (χ1v) is 9.26. The fourth-order valence-electron chi connectivity index (χ4n) is 3.97. The number of esters is 2. The molecule has 0 bridgehead atoms. The van der Waals surface area contributed by atoms with E-state index in [9.17, 15) is 14.4 Å². The summed E-state index contributed by atoms with van der Waals surface area (Å²) < 4.78 is 10.5. The maximum atomic E-state index is 13.1. The summed E-state index contributed by atoms with van der Waals surface area (Å²) in [6, 6.07) is 16.1. The molecule has 0 aliphatic carbocycles. The molecule has 0 saturated carbocycles. The summed E-state index contributed by atoms with van der Waals surface area (Å²) in [4.78, 5) is 40.6. The third-order valence-corrected chi connectivity index (χ3v) is 5.08. The van der Waals surface area contributed by atoms with Gasteiger partial charge in [-0.1, -0.05) is 48.5 Å². The summed E-state index contributed by atoms with van der Waals surface area (Å²) in [5.74, 6) is -3.06. The number of nitrogens with zero attached hydrogens (tertiary/aromatic N) is 1. The quantitative estimate of drug-likeness (QED) is 0.568. The molecule has 0 spiro atoms. The lowest BCUT2D eigenvalue weighted by Crippen LogP contribution is -2.54. The number of benzene rings is 2. The van der Waals surface area contributed by atoms with Gasteiger partial charge in [-0.05, 0) is 31.0 Å². The Kier molecular flexibility index (Phi) is 5.49. The van der Waals surface area contributed by atoms with Crippen LogP contribution in [0.5, 0.6) is 0 Å². The Hall–Kier alpha value is -3.15. The molecule has 0 aromatic heterocycles. The third kappa shape index (κ3) is 2.85. The van der Waals surface area contributed by atoms with Crippen LogP contribution in [0.4, 0.5) is 0 Å². The second-order valence-electron chi connectivity index (χ2n) is 6.48. The zero-order chi connectivity index (χ0) is 20.3. The van der Waals surface area contributed by atoms with Crippen LogP contribution in [0.2, 0.25) is 0 Å². The SMILES string of the molecule is CCOC(=O)C(C(=O)OCC)C1(c2ccccc2)c2ccccc2C(=O)N1C. The van der Waals surface area contributed by atoms with Gasteiger partial charge in [-0.2, -0.15) is 0 Å². The van der Waals surface area contributed by atoms with E-state index >= 15 is 0 Å². The van der Waals surface area contributed by atoms with Crippen molar-refractivity contribution >= 4 is 17.8 Å². The summed E-state index contributed by atoms with van der Waals surface area (Å²) in [5, 5.41) is 0. The minimum absolute atomic E-state index is 0.110. The van der Waals surface area contributed by atoms with Crippen LogP contribution in [0, 0.1) is 5.92 Å². The summed E-state index contributed by atoms with van der Waals surface area (Å²) in [5.41, 5.74) is 0.321. The second-order valence-corrected chi connectivity index (χ2v) is 6.48. The highest BCUT2D eigenvalue weighted by Gasteiger charge is 2.60. The Morgan fingerprint density at radius 3 is 2.04 bits per heavy atom. The van der Waals surface area contributed by atoms with Gasteiger partial charge in [0.05, 0.1) is 13.2 Å². The average Bonchev–Trinajstić information content (AvgIpc) is 2.92. The Morgan fingerprint density at radius 2 is 1.46 bits per heavy atom. The van der Waals surface area contributed by atoms with Crippen molar-refractivity contribution < 1.29 is 23.9 Å². The molecule has 2 aromatic rings. The molecule has 2 aromatic carbocycles. The third-order valence-electron chi connectivity index (χ3n) is 5.08. The van der Waals surface area contributed by atoms with E-state index in [1.54, 1.807) is 57.3 Å². The number of carbonyl (C=O) groups is 3. The van der Waals surface area contributed by atoms with Crippen LogP contribution in [-0.2, 0) is 24.6 Å². The van der Waals surface area contributed by atoms with Crippen molar-refractivity contribution in [3.63, 3.8) is 0 Å². The molecule has 0 fully saturated rings. The topological polar surface area (TPSA) is 72.9 Å². The molecular formula is C22H23NO5. The van der Waals surface area contributed by atoms with E-state index in [0.717, 1.165) is 0 Å². The zero-order valence-corrected chi connectivity index (χ0v) is 16.2. The van der Waals surface area contributed by atoms with Crippen LogP contribution in [-0.4, -0.2) is 43.0 Å². The van der Waals surface area contributed by atoms with Crippen molar-refractivity contribution in [3.8, 4) is 0 Å². The van der Waals surface area contributed by atoms with Crippen LogP contribution >= 0.6 is 0 Å². The Bertz CT molecular complexity index is 877. The highest BCUT2D eigenvalue weighted by Crippen LogP contribution is 2.49. The number of hydrogen-bond acceptors (Lipinski definition) is 5. The van der Waals surface area contributed by atoms with Crippen molar-refractivity contribution in [2.45, 2.75) is 19.4 Å². The van der Waals surface area contributed by atoms with Gasteiger partial charge in [-0.25, -0.2) is 0 Å². The summed E-state index contributed by atoms with van der Waals surface area (Å²) in [7, 11) is 1.60. The lowest BCUT2D eigenvalue weighted by Gasteiger charge is -2.41. The summed E-state index contributed by atoms with van der Waals surface area (Å²) in [6.45, 7) is 3.57. The van der Waals surface area contributed by atoms with Crippen LogP contribution in [0.25, 0.3) is 0 Å². The van der Waals surface area contributed by atoms with E-state index in [1.165, 1.54) is 4.90 Å². The Balaban J connectivity index is 2.35. The maximum Gasteiger partial charge on any atom is 0.323 e. The van der Waals surface area contributed by atoms with E-state index < -0.39 is 23.4 Å². The van der Waals surface area contributed by atoms with Gasteiger partial charge in [-0.3, -0.25) is 14.4 Å². The number of fused-ring (bicyclic) bond motifs is 1. The van der Waals surface area contributed by atoms with E-state index in [1.807, 2.05) is 18.2 Å². The molecule has 0 radical (unpaired) electrons. The molecule has 1 atom stereocenters. The molecule has 1 amide bonds. The molecule has 1 aliphatic heterocycles. The van der Waals surface area contributed by atoms with Crippen molar-refractivity contribution in [1.29, 1.82) is 0 Å². The molecule has 1 aliphatic rings. The fourth-order valence-corrected chi connectivity index (χ4v) is 3.97. The predicted molar refractivity (Wildman–Crippen MR) is 103 cm³/mol. The number of rotatable bonds is 6. The largest absolute Gasteiger partial charge is 0.465 e. The van der Waals surface area contributed by atoms with Gasteiger partial charge < -0.3 is 14.4 Å².